The summed E-state index contributed by atoms with van der Waals surface area (Å²) in [5, 5.41) is 12.3. The van der Waals surface area contributed by atoms with E-state index < -0.39 is 0 Å². The molecule has 0 aliphatic rings. The molecule has 0 radical (unpaired) electrons. The van der Waals surface area contributed by atoms with Crippen LogP contribution in [0.4, 0.5) is 0 Å². The molecule has 10 aromatic rings. The summed E-state index contributed by atoms with van der Waals surface area (Å²) in [5.41, 5.74) is 5.39. The van der Waals surface area contributed by atoms with Gasteiger partial charge in [0, 0.05) is 47.4 Å². The Balaban J connectivity index is 1.35. The van der Waals surface area contributed by atoms with Crippen LogP contribution in [0.5, 0.6) is 0 Å². The average Bonchev–Trinajstić information content (AvgIpc) is 3.69. The number of hydrogen-bond acceptors (Lipinski definition) is 2. The summed E-state index contributed by atoms with van der Waals surface area (Å²) in [4.78, 5) is 0. The van der Waals surface area contributed by atoms with Crippen LogP contribution in [0.15, 0.2) is 132 Å². The summed E-state index contributed by atoms with van der Waals surface area (Å²) in [6.07, 6.45) is 0. The standard InChI is InChI=1S/C38H21NOS/c1-2-8-25-22(7-1)13-14-23-15-19-32-37(35(23)25)28-17-18-31-36(38(28)40-32)27-10-3-5-11-30(27)39(31)24-16-20-34-29(21-24)26-9-4-6-12-33(26)41-34/h1-21H. The fourth-order valence-electron chi connectivity index (χ4n) is 7.00. The smallest absolute Gasteiger partial charge is 0.145 e. The molecule has 0 unspecified atom stereocenters. The third kappa shape index (κ3) is 2.81. The molecule has 0 fully saturated rings. The van der Waals surface area contributed by atoms with Gasteiger partial charge in [0.25, 0.3) is 0 Å². The van der Waals surface area contributed by atoms with Crippen LogP contribution < -0.4 is 0 Å². The molecule has 41 heavy (non-hydrogen) atoms. The summed E-state index contributed by atoms with van der Waals surface area (Å²) in [6, 6.07) is 46.2. The van der Waals surface area contributed by atoms with Crippen LogP contribution in [0.1, 0.15) is 0 Å². The van der Waals surface area contributed by atoms with Gasteiger partial charge in [0.05, 0.1) is 16.4 Å². The second-order valence-electron chi connectivity index (χ2n) is 10.9. The Kier molecular flexibility index (Phi) is 4.10. The highest BCUT2D eigenvalue weighted by Crippen LogP contribution is 2.44. The van der Waals surface area contributed by atoms with E-state index in [4.69, 9.17) is 4.42 Å². The van der Waals surface area contributed by atoms with Crippen LogP contribution in [0.2, 0.25) is 0 Å². The van der Waals surface area contributed by atoms with Gasteiger partial charge < -0.3 is 8.98 Å². The van der Waals surface area contributed by atoms with E-state index in [-0.39, 0.29) is 0 Å². The fraction of sp³-hybridized carbons (Fsp3) is 0. The number of fused-ring (bicyclic) bond motifs is 14. The van der Waals surface area contributed by atoms with E-state index in [1.54, 1.807) is 0 Å². The maximum absolute atomic E-state index is 6.78. The third-order valence-corrected chi connectivity index (χ3v) is 9.91. The zero-order valence-corrected chi connectivity index (χ0v) is 22.7. The second kappa shape index (κ2) is 7.75. The third-order valence-electron chi connectivity index (χ3n) is 8.76. The first-order valence-corrected chi connectivity index (χ1v) is 14.8. The molecule has 2 nitrogen and oxygen atoms in total. The average molecular weight is 540 g/mol. The quantitative estimate of drug-likeness (QED) is 0.190. The molecule has 3 aromatic heterocycles. The molecule has 0 saturated carbocycles. The minimum absolute atomic E-state index is 0.930. The lowest BCUT2D eigenvalue weighted by Crippen LogP contribution is -1.93. The van der Waals surface area contributed by atoms with Gasteiger partial charge in [-0.3, -0.25) is 0 Å². The first kappa shape index (κ1) is 21.7. The van der Waals surface area contributed by atoms with E-state index in [1.807, 2.05) is 11.3 Å². The molecule has 190 valence electrons. The van der Waals surface area contributed by atoms with Gasteiger partial charge in [0.15, 0.2) is 0 Å². The van der Waals surface area contributed by atoms with Crippen molar-refractivity contribution in [1.29, 1.82) is 0 Å². The Hall–Kier alpha value is -5.12. The van der Waals surface area contributed by atoms with E-state index >= 15 is 0 Å². The molecule has 3 heteroatoms. The van der Waals surface area contributed by atoms with Crippen LogP contribution in [-0.2, 0) is 0 Å². The highest BCUT2D eigenvalue weighted by atomic mass is 32.1. The summed E-state index contributed by atoms with van der Waals surface area (Å²) in [5.74, 6) is 0. The molecule has 0 N–H and O–H groups in total. The van der Waals surface area contributed by atoms with Crippen LogP contribution >= 0.6 is 11.3 Å². The maximum atomic E-state index is 6.78. The number of furan rings is 1. The summed E-state index contributed by atoms with van der Waals surface area (Å²) in [6.45, 7) is 0. The van der Waals surface area contributed by atoms with Gasteiger partial charge in [-0.2, -0.15) is 0 Å². The van der Waals surface area contributed by atoms with Crippen molar-refractivity contribution in [2.45, 2.75) is 0 Å². The van der Waals surface area contributed by atoms with Crippen LogP contribution in [0, 0.1) is 0 Å². The van der Waals surface area contributed by atoms with Crippen molar-refractivity contribution < 1.29 is 4.42 Å². The monoisotopic (exact) mass is 539 g/mol. The summed E-state index contributed by atoms with van der Waals surface area (Å²) < 4.78 is 11.8. The largest absolute Gasteiger partial charge is 0.455 e. The van der Waals surface area contributed by atoms with Crippen molar-refractivity contribution in [2.24, 2.45) is 0 Å². The predicted octanol–water partition coefficient (Wildman–Crippen LogP) is 11.4. The SMILES string of the molecule is c1ccc2c(c1)ccc1ccc3oc4c(ccc5c4c4ccccc4n5-c4ccc5sc6ccccc6c5c4)c3c12. The fourth-order valence-corrected chi connectivity index (χ4v) is 8.09. The van der Waals surface area contributed by atoms with Crippen molar-refractivity contribution in [3.8, 4) is 5.69 Å². The lowest BCUT2D eigenvalue weighted by molar-refractivity contribution is 0.673. The van der Waals surface area contributed by atoms with Gasteiger partial charge in [-0.05, 0) is 64.7 Å². The molecule has 10 rings (SSSR count). The van der Waals surface area contributed by atoms with Crippen LogP contribution in [0.25, 0.3) is 91.1 Å². The van der Waals surface area contributed by atoms with Gasteiger partial charge in [0.2, 0.25) is 0 Å². The van der Waals surface area contributed by atoms with Crippen molar-refractivity contribution in [2.75, 3.05) is 0 Å². The normalized spacial score (nSPS) is 12.4. The van der Waals surface area contributed by atoms with Crippen molar-refractivity contribution in [3.05, 3.63) is 127 Å². The Morgan fingerprint density at radius 2 is 1.22 bits per heavy atom. The van der Waals surface area contributed by atoms with Gasteiger partial charge in [-0.1, -0.05) is 78.9 Å². The zero-order chi connectivity index (χ0) is 26.7. The number of hydrogen-bond donors (Lipinski definition) is 0. The first-order chi connectivity index (χ1) is 20.3. The van der Waals surface area contributed by atoms with E-state index in [0.29, 0.717) is 0 Å². The van der Waals surface area contributed by atoms with Crippen molar-refractivity contribution in [3.63, 3.8) is 0 Å². The van der Waals surface area contributed by atoms with Crippen LogP contribution in [0.3, 0.4) is 0 Å². The van der Waals surface area contributed by atoms with E-state index in [2.05, 4.69) is 132 Å². The Morgan fingerprint density at radius 1 is 0.463 bits per heavy atom. The van der Waals surface area contributed by atoms with E-state index in [0.717, 1.165) is 27.5 Å². The Bertz CT molecular complexity index is 2700. The Labute approximate surface area is 238 Å². The molecule has 0 aliphatic carbocycles. The number of thiophene rings is 1. The molecule has 3 heterocycles. The first-order valence-electron chi connectivity index (χ1n) is 13.9. The summed E-state index contributed by atoms with van der Waals surface area (Å²) in [7, 11) is 0. The topological polar surface area (TPSA) is 18.1 Å². The van der Waals surface area contributed by atoms with Crippen molar-refractivity contribution >= 4 is 96.8 Å². The van der Waals surface area contributed by atoms with Gasteiger partial charge in [-0.25, -0.2) is 0 Å². The van der Waals surface area contributed by atoms with E-state index in [9.17, 15) is 0 Å². The Morgan fingerprint density at radius 3 is 2.17 bits per heavy atom. The molecule has 7 aromatic carbocycles. The minimum Gasteiger partial charge on any atom is -0.455 e. The lowest BCUT2D eigenvalue weighted by Gasteiger charge is -2.08. The van der Waals surface area contributed by atoms with Gasteiger partial charge in [-0.15, -0.1) is 11.3 Å². The molecule has 0 amide bonds. The molecular formula is C38H21NOS. The lowest BCUT2D eigenvalue weighted by atomic mass is 9.97. The van der Waals surface area contributed by atoms with E-state index in [1.165, 1.54) is 63.7 Å². The highest BCUT2D eigenvalue weighted by molar-refractivity contribution is 7.25. The number of nitrogens with zero attached hydrogens (tertiary/aromatic N) is 1. The molecular weight excluding hydrogens is 518 g/mol. The molecule has 0 spiro atoms. The van der Waals surface area contributed by atoms with Crippen LogP contribution in [-0.4, -0.2) is 4.57 Å². The number of aromatic nitrogens is 1. The number of rotatable bonds is 1. The summed E-state index contributed by atoms with van der Waals surface area (Å²) >= 11 is 1.86. The molecule has 0 saturated heterocycles. The second-order valence-corrected chi connectivity index (χ2v) is 12.0. The van der Waals surface area contributed by atoms with Gasteiger partial charge >= 0.3 is 0 Å². The predicted molar refractivity (Wildman–Crippen MR) is 176 cm³/mol. The maximum Gasteiger partial charge on any atom is 0.145 e. The molecule has 0 atom stereocenters. The van der Waals surface area contributed by atoms with Crippen molar-refractivity contribution in [1.82, 2.24) is 4.57 Å². The number of benzene rings is 7. The zero-order valence-electron chi connectivity index (χ0n) is 21.9. The minimum atomic E-state index is 0.930. The molecule has 0 bridgehead atoms. The van der Waals surface area contributed by atoms with Gasteiger partial charge in [0.1, 0.15) is 11.2 Å². The molecule has 0 aliphatic heterocycles. The number of para-hydroxylation sites is 1. The highest BCUT2D eigenvalue weighted by Gasteiger charge is 2.20.